The van der Waals surface area contributed by atoms with E-state index < -0.39 is 17.6 Å². The van der Waals surface area contributed by atoms with E-state index in [1.165, 1.54) is 0 Å². The Morgan fingerprint density at radius 2 is 1.22 bits per heavy atom. The van der Waals surface area contributed by atoms with Gasteiger partial charge in [0.2, 0.25) is 0 Å². The lowest BCUT2D eigenvalue weighted by molar-refractivity contribution is 0.0444. The molecule has 0 unspecified atom stereocenters. The SMILES string of the molecule is O=C1OC(=O)c2c(Cl)c(Cl)c(Cl)c(Cl)c21.O=c1[nH]c(=O)c2ccccc2[nH]1. The number of nitrogens with one attached hydrogen (secondary N) is 2. The molecule has 4 rings (SSSR count). The molecule has 3 aromatic rings. The maximum atomic E-state index is 11.2. The first kappa shape index (κ1) is 19.4. The zero-order chi connectivity index (χ0) is 19.9. The van der Waals surface area contributed by atoms with Gasteiger partial charge in [-0.15, -0.1) is 0 Å². The van der Waals surface area contributed by atoms with Crippen LogP contribution < -0.4 is 11.2 Å². The Morgan fingerprint density at radius 3 is 1.78 bits per heavy atom. The van der Waals surface area contributed by atoms with E-state index in [9.17, 15) is 19.2 Å². The lowest BCUT2D eigenvalue weighted by atomic mass is 10.1. The van der Waals surface area contributed by atoms with Crippen LogP contribution in [0.4, 0.5) is 0 Å². The fourth-order valence-corrected chi connectivity index (χ4v) is 3.32. The van der Waals surface area contributed by atoms with Gasteiger partial charge in [-0.2, -0.15) is 0 Å². The summed E-state index contributed by atoms with van der Waals surface area (Å²) in [5, 5.41) is 0.0911. The van der Waals surface area contributed by atoms with Gasteiger partial charge in [0.25, 0.3) is 5.56 Å². The van der Waals surface area contributed by atoms with E-state index in [-0.39, 0.29) is 36.8 Å². The molecule has 1 aromatic heterocycles. The molecular formula is C16H6Cl4N2O5. The van der Waals surface area contributed by atoms with E-state index in [2.05, 4.69) is 14.7 Å². The van der Waals surface area contributed by atoms with Crippen LogP contribution in [0.1, 0.15) is 20.7 Å². The molecule has 0 fully saturated rings. The van der Waals surface area contributed by atoms with Crippen LogP contribution in [0.15, 0.2) is 33.9 Å². The second-order valence-electron chi connectivity index (χ2n) is 5.14. The van der Waals surface area contributed by atoms with Crippen molar-refractivity contribution in [3.8, 4) is 0 Å². The summed E-state index contributed by atoms with van der Waals surface area (Å²) in [4.78, 5) is 49.0. The molecular weight excluding hydrogens is 442 g/mol. The van der Waals surface area contributed by atoms with Gasteiger partial charge in [-0.3, -0.25) is 9.78 Å². The highest BCUT2D eigenvalue weighted by Gasteiger charge is 2.37. The number of halogens is 4. The lowest BCUT2D eigenvalue weighted by Gasteiger charge is -2.04. The van der Waals surface area contributed by atoms with Gasteiger partial charge >= 0.3 is 17.6 Å². The largest absolute Gasteiger partial charge is 0.386 e. The summed E-state index contributed by atoms with van der Waals surface area (Å²) in [6, 6.07) is 6.85. The van der Waals surface area contributed by atoms with Gasteiger partial charge in [-0.05, 0) is 12.1 Å². The summed E-state index contributed by atoms with van der Waals surface area (Å²) in [6.07, 6.45) is 0. The fraction of sp³-hybridized carbons (Fsp3) is 0. The molecule has 0 bridgehead atoms. The average molecular weight is 448 g/mol. The first-order chi connectivity index (χ1) is 12.7. The van der Waals surface area contributed by atoms with Crippen molar-refractivity contribution in [1.82, 2.24) is 9.97 Å². The first-order valence-electron chi connectivity index (χ1n) is 7.06. The number of esters is 2. The molecule has 0 saturated heterocycles. The van der Waals surface area contributed by atoms with E-state index in [1.807, 2.05) is 0 Å². The van der Waals surface area contributed by atoms with Gasteiger partial charge in [-0.1, -0.05) is 58.5 Å². The summed E-state index contributed by atoms with van der Waals surface area (Å²) in [5.41, 5.74) is -0.540. The number of benzene rings is 2. The smallest absolute Gasteiger partial charge is 0.348 e. The van der Waals surface area contributed by atoms with Crippen molar-refractivity contribution in [3.63, 3.8) is 0 Å². The monoisotopic (exact) mass is 446 g/mol. The minimum Gasteiger partial charge on any atom is -0.386 e. The Bertz CT molecular complexity index is 1190. The molecule has 1 aliphatic heterocycles. The van der Waals surface area contributed by atoms with Crippen LogP contribution in [-0.2, 0) is 4.74 Å². The Labute approximate surface area is 169 Å². The van der Waals surface area contributed by atoms with Crippen molar-refractivity contribution >= 4 is 69.2 Å². The standard InChI is InChI=1S/C8Cl4O3.C8H6N2O2/c9-3-1-2(8(14)15-7(1)13)4(10)6(12)5(3)11;11-7-5-3-1-2-4-6(5)9-8(12)10-7/h;1-4H,(H2,9,10,11,12). The third-order valence-corrected chi connectivity index (χ3v) is 5.31. The molecule has 0 aliphatic carbocycles. The Balaban J connectivity index is 0.000000159. The van der Waals surface area contributed by atoms with E-state index in [4.69, 9.17) is 46.4 Å². The highest BCUT2D eigenvalue weighted by Crippen LogP contribution is 2.43. The first-order valence-corrected chi connectivity index (χ1v) is 8.57. The number of hydrogen-bond acceptors (Lipinski definition) is 5. The maximum absolute atomic E-state index is 11.2. The Morgan fingerprint density at radius 1 is 0.704 bits per heavy atom. The van der Waals surface area contributed by atoms with Crippen molar-refractivity contribution in [2.75, 3.05) is 0 Å². The number of carbonyl (C=O) groups excluding carboxylic acids is 2. The van der Waals surface area contributed by atoms with Crippen molar-refractivity contribution in [3.05, 3.63) is 76.3 Å². The quantitative estimate of drug-likeness (QED) is 0.235. The van der Waals surface area contributed by atoms with Crippen molar-refractivity contribution in [2.24, 2.45) is 0 Å². The van der Waals surface area contributed by atoms with Crippen molar-refractivity contribution < 1.29 is 14.3 Å². The molecule has 2 N–H and O–H groups in total. The zero-order valence-electron chi connectivity index (χ0n) is 12.9. The maximum Gasteiger partial charge on any atom is 0.348 e. The molecule has 7 nitrogen and oxygen atoms in total. The van der Waals surface area contributed by atoms with Gasteiger partial charge in [0, 0.05) is 0 Å². The van der Waals surface area contributed by atoms with Gasteiger partial charge < -0.3 is 9.72 Å². The number of cyclic esters (lactones) is 2. The summed E-state index contributed by atoms with van der Waals surface area (Å²) < 4.78 is 4.34. The Hall–Kier alpha value is -2.32. The van der Waals surface area contributed by atoms with Gasteiger partial charge in [0.15, 0.2) is 0 Å². The van der Waals surface area contributed by atoms with E-state index in [1.54, 1.807) is 24.3 Å². The number of aromatic amines is 2. The van der Waals surface area contributed by atoms with Crippen LogP contribution in [0.25, 0.3) is 10.9 Å². The molecule has 1 aliphatic rings. The van der Waals surface area contributed by atoms with Crippen LogP contribution in [0, 0.1) is 0 Å². The van der Waals surface area contributed by atoms with Gasteiger partial charge in [0.1, 0.15) is 0 Å². The molecule has 2 aromatic carbocycles. The van der Waals surface area contributed by atoms with Crippen LogP contribution in [-0.4, -0.2) is 21.9 Å². The predicted octanol–water partition coefficient (Wildman–Crippen LogP) is 3.83. The van der Waals surface area contributed by atoms with E-state index in [0.29, 0.717) is 10.9 Å². The highest BCUT2D eigenvalue weighted by atomic mass is 35.5. The topological polar surface area (TPSA) is 109 Å². The molecule has 0 atom stereocenters. The highest BCUT2D eigenvalue weighted by molar-refractivity contribution is 6.54. The number of aromatic nitrogens is 2. The molecule has 138 valence electrons. The lowest BCUT2D eigenvalue weighted by Crippen LogP contribution is -2.21. The van der Waals surface area contributed by atoms with Crippen LogP contribution in [0.5, 0.6) is 0 Å². The van der Waals surface area contributed by atoms with Gasteiger partial charge in [-0.25, -0.2) is 14.4 Å². The molecule has 0 radical (unpaired) electrons. The normalized spacial score (nSPS) is 12.4. The Kier molecular flexibility index (Phi) is 5.30. The zero-order valence-corrected chi connectivity index (χ0v) is 15.9. The third kappa shape index (κ3) is 3.46. The van der Waals surface area contributed by atoms with Crippen LogP contribution in [0.2, 0.25) is 20.1 Å². The number of hydrogen-bond donors (Lipinski definition) is 2. The third-order valence-electron chi connectivity index (χ3n) is 3.51. The molecule has 11 heteroatoms. The number of fused-ring (bicyclic) bond motifs is 2. The minimum absolute atomic E-state index is 0.0752. The molecule has 0 spiro atoms. The van der Waals surface area contributed by atoms with E-state index in [0.717, 1.165) is 0 Å². The number of carbonyl (C=O) groups is 2. The molecule has 27 heavy (non-hydrogen) atoms. The van der Waals surface area contributed by atoms with Crippen molar-refractivity contribution in [1.29, 1.82) is 0 Å². The number of rotatable bonds is 0. The molecule has 0 amide bonds. The predicted molar refractivity (Wildman–Crippen MR) is 101 cm³/mol. The summed E-state index contributed by atoms with van der Waals surface area (Å²) in [7, 11) is 0. The number of H-pyrrole nitrogens is 2. The van der Waals surface area contributed by atoms with Gasteiger partial charge in [0.05, 0.1) is 42.1 Å². The summed E-state index contributed by atoms with van der Waals surface area (Å²) in [6.45, 7) is 0. The number of ether oxygens (including phenoxy) is 1. The fourth-order valence-electron chi connectivity index (χ4n) is 2.32. The summed E-state index contributed by atoms with van der Waals surface area (Å²) >= 11 is 22.9. The minimum atomic E-state index is -0.875. The van der Waals surface area contributed by atoms with E-state index >= 15 is 0 Å². The van der Waals surface area contributed by atoms with Crippen LogP contribution >= 0.6 is 46.4 Å². The van der Waals surface area contributed by atoms with Crippen molar-refractivity contribution in [2.45, 2.75) is 0 Å². The molecule has 0 saturated carbocycles. The number of para-hydroxylation sites is 1. The average Bonchev–Trinajstić information content (AvgIpc) is 2.92. The van der Waals surface area contributed by atoms with Crippen LogP contribution in [0.3, 0.4) is 0 Å². The second-order valence-corrected chi connectivity index (χ2v) is 6.65. The molecule has 2 heterocycles. The summed E-state index contributed by atoms with van der Waals surface area (Å²) in [5.74, 6) is -1.75. The second kappa shape index (κ2) is 7.36.